The van der Waals surface area contributed by atoms with Gasteiger partial charge in [-0.2, -0.15) is 0 Å². The number of amides is 1. The Bertz CT molecular complexity index is 740. The molecule has 0 bridgehead atoms. The summed E-state index contributed by atoms with van der Waals surface area (Å²) >= 11 is 0. The Labute approximate surface area is 153 Å². The molecule has 1 saturated heterocycles. The monoisotopic (exact) mass is 353 g/mol. The molecule has 2 aliphatic rings. The second-order valence-electron chi connectivity index (χ2n) is 6.94. The summed E-state index contributed by atoms with van der Waals surface area (Å²) in [4.78, 5) is 23.0. The first-order valence-corrected chi connectivity index (χ1v) is 9.14. The Kier molecular flexibility index (Phi) is 4.84. The fourth-order valence-electron chi connectivity index (χ4n) is 4.02. The third kappa shape index (κ3) is 3.42. The molecule has 6 nitrogen and oxygen atoms in total. The van der Waals surface area contributed by atoms with Crippen molar-refractivity contribution < 1.29 is 14.3 Å². The molecule has 26 heavy (non-hydrogen) atoms. The summed E-state index contributed by atoms with van der Waals surface area (Å²) in [6.07, 6.45) is 8.14. The normalized spacial score (nSPS) is 25.4. The van der Waals surface area contributed by atoms with E-state index < -0.39 is 0 Å². The quantitative estimate of drug-likeness (QED) is 0.845. The highest BCUT2D eigenvalue weighted by Crippen LogP contribution is 2.41. The molecule has 2 atom stereocenters. The van der Waals surface area contributed by atoms with Crippen LogP contribution in [-0.4, -0.2) is 52.7 Å². The van der Waals surface area contributed by atoms with Gasteiger partial charge in [0.05, 0.1) is 25.4 Å². The largest absolute Gasteiger partial charge is 0.477 e. The molecule has 2 aromatic rings. The lowest BCUT2D eigenvalue weighted by Gasteiger charge is -2.44. The molecule has 2 aromatic heterocycles. The van der Waals surface area contributed by atoms with Gasteiger partial charge in [0, 0.05) is 42.7 Å². The molecule has 136 valence electrons. The van der Waals surface area contributed by atoms with E-state index in [0.29, 0.717) is 37.7 Å². The third-order valence-electron chi connectivity index (χ3n) is 5.39. The number of hydrogen-bond acceptors (Lipinski definition) is 5. The lowest BCUT2D eigenvalue weighted by atomic mass is 9.89. The predicted molar refractivity (Wildman–Crippen MR) is 95.9 cm³/mol. The Morgan fingerprint density at radius 1 is 1.27 bits per heavy atom. The summed E-state index contributed by atoms with van der Waals surface area (Å²) < 4.78 is 12.1. The van der Waals surface area contributed by atoms with Gasteiger partial charge in [-0.25, -0.2) is 4.98 Å². The SMILES string of the molecule is O=C(c1ccncc1)N1CCO[C@]2(CCC[C@H]2COc2ccccn2)C1. The maximum absolute atomic E-state index is 12.8. The van der Waals surface area contributed by atoms with Crippen LogP contribution in [0.3, 0.4) is 0 Å². The van der Waals surface area contributed by atoms with E-state index in [4.69, 9.17) is 9.47 Å². The Morgan fingerprint density at radius 2 is 2.15 bits per heavy atom. The van der Waals surface area contributed by atoms with E-state index in [1.54, 1.807) is 30.7 Å². The summed E-state index contributed by atoms with van der Waals surface area (Å²) in [5.41, 5.74) is 0.367. The van der Waals surface area contributed by atoms with Crippen molar-refractivity contribution in [2.24, 2.45) is 5.92 Å². The number of rotatable bonds is 4. The summed E-state index contributed by atoms with van der Waals surface area (Å²) in [7, 11) is 0. The fourth-order valence-corrected chi connectivity index (χ4v) is 4.02. The van der Waals surface area contributed by atoms with Crippen LogP contribution in [-0.2, 0) is 4.74 Å². The maximum atomic E-state index is 12.8. The molecule has 1 amide bonds. The smallest absolute Gasteiger partial charge is 0.254 e. The average molecular weight is 353 g/mol. The molecule has 3 heterocycles. The average Bonchev–Trinajstić information content (AvgIpc) is 3.08. The number of nitrogens with zero attached hydrogens (tertiary/aromatic N) is 3. The first kappa shape index (κ1) is 17.0. The number of ether oxygens (including phenoxy) is 2. The zero-order valence-corrected chi connectivity index (χ0v) is 14.7. The lowest BCUT2D eigenvalue weighted by molar-refractivity contribution is -0.127. The van der Waals surface area contributed by atoms with Crippen molar-refractivity contribution >= 4 is 5.91 Å². The van der Waals surface area contributed by atoms with Crippen molar-refractivity contribution in [2.75, 3.05) is 26.3 Å². The second-order valence-corrected chi connectivity index (χ2v) is 6.94. The van der Waals surface area contributed by atoms with Crippen molar-refractivity contribution in [3.63, 3.8) is 0 Å². The number of carbonyl (C=O) groups excluding carboxylic acids is 1. The van der Waals surface area contributed by atoms with Crippen LogP contribution in [0.25, 0.3) is 0 Å². The predicted octanol–water partition coefficient (Wildman–Crippen LogP) is 2.57. The molecular formula is C20H23N3O3. The van der Waals surface area contributed by atoms with Crippen LogP contribution in [0.5, 0.6) is 5.88 Å². The zero-order chi connectivity index (χ0) is 17.8. The number of hydrogen-bond donors (Lipinski definition) is 0. The van der Waals surface area contributed by atoms with Crippen LogP contribution in [0.15, 0.2) is 48.9 Å². The first-order chi connectivity index (χ1) is 12.8. The van der Waals surface area contributed by atoms with E-state index in [1.807, 2.05) is 23.1 Å². The molecule has 1 spiro atoms. The van der Waals surface area contributed by atoms with Crippen molar-refractivity contribution in [1.29, 1.82) is 0 Å². The Morgan fingerprint density at radius 3 is 2.96 bits per heavy atom. The highest BCUT2D eigenvalue weighted by atomic mass is 16.5. The van der Waals surface area contributed by atoms with Gasteiger partial charge in [-0.15, -0.1) is 0 Å². The van der Waals surface area contributed by atoms with Gasteiger partial charge in [0.1, 0.15) is 0 Å². The molecule has 1 aliphatic heterocycles. The highest BCUT2D eigenvalue weighted by molar-refractivity contribution is 5.94. The van der Waals surface area contributed by atoms with E-state index in [-0.39, 0.29) is 17.4 Å². The third-order valence-corrected chi connectivity index (χ3v) is 5.39. The molecule has 1 saturated carbocycles. The minimum Gasteiger partial charge on any atom is -0.477 e. The van der Waals surface area contributed by atoms with Crippen molar-refractivity contribution in [3.05, 3.63) is 54.5 Å². The summed E-state index contributed by atoms with van der Waals surface area (Å²) in [6.45, 7) is 2.37. The molecule has 4 rings (SSSR count). The van der Waals surface area contributed by atoms with Crippen LogP contribution >= 0.6 is 0 Å². The summed E-state index contributed by atoms with van der Waals surface area (Å²) in [5.74, 6) is 0.944. The van der Waals surface area contributed by atoms with Crippen LogP contribution in [0.1, 0.15) is 29.6 Å². The van der Waals surface area contributed by atoms with Gasteiger partial charge in [0.2, 0.25) is 5.88 Å². The van der Waals surface area contributed by atoms with Gasteiger partial charge in [0.25, 0.3) is 5.91 Å². The minimum atomic E-state index is -0.310. The number of morpholine rings is 1. The van der Waals surface area contributed by atoms with Gasteiger partial charge >= 0.3 is 0 Å². The summed E-state index contributed by atoms with van der Waals surface area (Å²) in [6, 6.07) is 9.18. The van der Waals surface area contributed by atoms with Gasteiger partial charge in [0.15, 0.2) is 0 Å². The lowest BCUT2D eigenvalue weighted by Crippen LogP contribution is -2.56. The van der Waals surface area contributed by atoms with Crippen LogP contribution in [0.2, 0.25) is 0 Å². The topological polar surface area (TPSA) is 64.6 Å². The first-order valence-electron chi connectivity index (χ1n) is 9.14. The van der Waals surface area contributed by atoms with Gasteiger partial charge in [-0.05, 0) is 37.5 Å². The Balaban J connectivity index is 1.45. The second kappa shape index (κ2) is 7.41. The summed E-state index contributed by atoms with van der Waals surface area (Å²) in [5, 5.41) is 0. The molecule has 6 heteroatoms. The molecular weight excluding hydrogens is 330 g/mol. The maximum Gasteiger partial charge on any atom is 0.254 e. The molecule has 2 fully saturated rings. The molecule has 1 aliphatic carbocycles. The van der Waals surface area contributed by atoms with E-state index in [2.05, 4.69) is 9.97 Å². The van der Waals surface area contributed by atoms with Gasteiger partial charge in [-0.3, -0.25) is 9.78 Å². The van der Waals surface area contributed by atoms with Crippen LogP contribution in [0.4, 0.5) is 0 Å². The number of carbonyl (C=O) groups is 1. The van der Waals surface area contributed by atoms with Gasteiger partial charge < -0.3 is 14.4 Å². The number of aromatic nitrogens is 2. The standard InChI is InChI=1S/C20H23N3O3/c24-19(16-6-10-21-11-7-16)23-12-13-26-20(15-23)8-3-4-17(20)14-25-18-5-1-2-9-22-18/h1-2,5-7,9-11,17H,3-4,8,12-15H2/t17-,20+/m0/s1. The van der Waals surface area contributed by atoms with E-state index >= 15 is 0 Å². The van der Waals surface area contributed by atoms with E-state index in [1.165, 1.54) is 0 Å². The Hall–Kier alpha value is -2.47. The number of pyridine rings is 2. The van der Waals surface area contributed by atoms with E-state index in [0.717, 1.165) is 19.3 Å². The van der Waals surface area contributed by atoms with Crippen molar-refractivity contribution in [2.45, 2.75) is 24.9 Å². The van der Waals surface area contributed by atoms with Gasteiger partial charge in [-0.1, -0.05) is 6.07 Å². The van der Waals surface area contributed by atoms with E-state index in [9.17, 15) is 4.79 Å². The molecule has 0 aromatic carbocycles. The van der Waals surface area contributed by atoms with Crippen LogP contribution < -0.4 is 4.74 Å². The molecule has 0 radical (unpaired) electrons. The van der Waals surface area contributed by atoms with Crippen molar-refractivity contribution in [1.82, 2.24) is 14.9 Å². The fraction of sp³-hybridized carbons (Fsp3) is 0.450. The highest BCUT2D eigenvalue weighted by Gasteiger charge is 2.48. The minimum absolute atomic E-state index is 0.0476. The molecule has 0 N–H and O–H groups in total. The van der Waals surface area contributed by atoms with Crippen molar-refractivity contribution in [3.8, 4) is 5.88 Å². The zero-order valence-electron chi connectivity index (χ0n) is 14.7. The van der Waals surface area contributed by atoms with Crippen LogP contribution in [0, 0.1) is 5.92 Å². The molecule has 0 unspecified atom stereocenters.